The second-order valence-corrected chi connectivity index (χ2v) is 5.64. The van der Waals surface area contributed by atoms with Crippen LogP contribution in [0.1, 0.15) is 10.4 Å². The number of benzene rings is 2. The molecule has 0 unspecified atom stereocenters. The monoisotopic (exact) mass is 378 g/mol. The van der Waals surface area contributed by atoms with Crippen LogP contribution >= 0.6 is 23.2 Å². The van der Waals surface area contributed by atoms with Crippen LogP contribution in [0.25, 0.3) is 11.5 Å². The lowest BCUT2D eigenvalue weighted by Gasteiger charge is -2.01. The number of carbonyl (C=O) groups is 1. The maximum Gasteiger partial charge on any atom is 0.322 e. The summed E-state index contributed by atoms with van der Waals surface area (Å²) in [5.41, 5.74) is 0.333. The number of hydrogen-bond donors (Lipinski definition) is 1. The van der Waals surface area contributed by atoms with Crippen molar-refractivity contribution in [3.8, 4) is 11.5 Å². The summed E-state index contributed by atoms with van der Waals surface area (Å²) in [4.78, 5) is 22.3. The molecular weight excluding hydrogens is 371 g/mol. The number of nitro benzene ring substituents is 1. The molecule has 0 radical (unpaired) electrons. The number of nitrogens with zero attached hydrogens (tertiary/aromatic N) is 3. The van der Waals surface area contributed by atoms with Gasteiger partial charge in [-0.2, -0.15) is 0 Å². The SMILES string of the molecule is O=C(Nc1nnc(-c2ccc(Cl)cc2Cl)o1)c1cccc([N+](=O)[O-])c1. The van der Waals surface area contributed by atoms with E-state index in [9.17, 15) is 14.9 Å². The van der Waals surface area contributed by atoms with Gasteiger partial charge in [-0.1, -0.05) is 34.4 Å². The van der Waals surface area contributed by atoms with E-state index in [2.05, 4.69) is 15.5 Å². The van der Waals surface area contributed by atoms with E-state index in [0.717, 1.165) is 6.07 Å². The number of anilines is 1. The minimum Gasteiger partial charge on any atom is -0.403 e. The molecule has 0 aliphatic heterocycles. The zero-order valence-electron chi connectivity index (χ0n) is 12.3. The molecule has 1 heterocycles. The lowest BCUT2D eigenvalue weighted by molar-refractivity contribution is -0.384. The van der Waals surface area contributed by atoms with Crippen LogP contribution in [-0.4, -0.2) is 21.0 Å². The molecule has 2 aromatic carbocycles. The van der Waals surface area contributed by atoms with Crippen molar-refractivity contribution < 1.29 is 14.1 Å². The van der Waals surface area contributed by atoms with Crippen LogP contribution in [-0.2, 0) is 0 Å². The highest BCUT2D eigenvalue weighted by Crippen LogP contribution is 2.30. The van der Waals surface area contributed by atoms with Gasteiger partial charge in [-0.05, 0) is 24.3 Å². The number of carbonyl (C=O) groups excluding carboxylic acids is 1. The van der Waals surface area contributed by atoms with Gasteiger partial charge in [-0.15, -0.1) is 5.10 Å². The van der Waals surface area contributed by atoms with Crippen molar-refractivity contribution in [1.29, 1.82) is 0 Å². The first-order valence-corrected chi connectivity index (χ1v) is 7.54. The van der Waals surface area contributed by atoms with Gasteiger partial charge in [0.05, 0.1) is 15.5 Å². The molecule has 25 heavy (non-hydrogen) atoms. The number of non-ortho nitro benzene ring substituents is 1. The molecule has 0 spiro atoms. The number of aromatic nitrogens is 2. The molecule has 1 N–H and O–H groups in total. The largest absolute Gasteiger partial charge is 0.403 e. The van der Waals surface area contributed by atoms with Crippen molar-refractivity contribution >= 4 is 40.8 Å². The Bertz CT molecular complexity index is 974. The first-order chi connectivity index (χ1) is 11.9. The first-order valence-electron chi connectivity index (χ1n) is 6.79. The van der Waals surface area contributed by atoms with E-state index in [1.54, 1.807) is 12.1 Å². The Labute approximate surface area is 150 Å². The number of hydrogen-bond acceptors (Lipinski definition) is 6. The van der Waals surface area contributed by atoms with Crippen molar-refractivity contribution in [2.45, 2.75) is 0 Å². The fourth-order valence-corrected chi connectivity index (χ4v) is 2.46. The highest BCUT2D eigenvalue weighted by molar-refractivity contribution is 6.36. The van der Waals surface area contributed by atoms with E-state index in [1.165, 1.54) is 24.3 Å². The summed E-state index contributed by atoms with van der Waals surface area (Å²) < 4.78 is 5.34. The van der Waals surface area contributed by atoms with Crippen molar-refractivity contribution in [2.24, 2.45) is 0 Å². The average molecular weight is 379 g/mol. The molecule has 0 aliphatic rings. The molecular formula is C15H8Cl2N4O4. The molecule has 8 nitrogen and oxygen atoms in total. The van der Waals surface area contributed by atoms with Crippen LogP contribution in [0.15, 0.2) is 46.9 Å². The molecule has 0 saturated heterocycles. The molecule has 0 atom stereocenters. The summed E-state index contributed by atoms with van der Waals surface area (Å²) >= 11 is 11.9. The van der Waals surface area contributed by atoms with Gasteiger partial charge in [0.25, 0.3) is 17.5 Å². The van der Waals surface area contributed by atoms with E-state index in [-0.39, 0.29) is 23.2 Å². The number of halogens is 2. The molecule has 1 amide bonds. The molecule has 3 rings (SSSR count). The van der Waals surface area contributed by atoms with Crippen LogP contribution in [0, 0.1) is 10.1 Å². The van der Waals surface area contributed by atoms with Gasteiger partial charge in [0.1, 0.15) is 0 Å². The van der Waals surface area contributed by atoms with Gasteiger partial charge < -0.3 is 4.42 Å². The molecule has 0 aliphatic carbocycles. The summed E-state index contributed by atoms with van der Waals surface area (Å²) in [6, 6.07) is 9.81. The quantitative estimate of drug-likeness (QED) is 0.537. The van der Waals surface area contributed by atoms with Crippen LogP contribution in [0.5, 0.6) is 0 Å². The van der Waals surface area contributed by atoms with Gasteiger partial charge in [0.2, 0.25) is 0 Å². The predicted octanol–water partition coefficient (Wildman–Crippen LogP) is 4.20. The van der Waals surface area contributed by atoms with Gasteiger partial charge in [-0.25, -0.2) is 0 Å². The minimum atomic E-state index is -0.624. The number of amides is 1. The van der Waals surface area contributed by atoms with E-state index in [4.69, 9.17) is 27.6 Å². The number of nitro groups is 1. The zero-order valence-corrected chi connectivity index (χ0v) is 13.8. The fraction of sp³-hybridized carbons (Fsp3) is 0. The molecule has 0 fully saturated rings. The Hall–Kier alpha value is -2.97. The highest BCUT2D eigenvalue weighted by Gasteiger charge is 2.16. The van der Waals surface area contributed by atoms with Crippen molar-refractivity contribution in [3.05, 3.63) is 68.2 Å². The number of nitrogens with one attached hydrogen (secondary N) is 1. The Kier molecular flexibility index (Phi) is 4.64. The summed E-state index contributed by atoms with van der Waals surface area (Å²) in [7, 11) is 0. The van der Waals surface area contributed by atoms with Gasteiger partial charge in [-0.3, -0.25) is 20.2 Å². The predicted molar refractivity (Wildman–Crippen MR) is 90.8 cm³/mol. The van der Waals surface area contributed by atoms with E-state index < -0.39 is 10.8 Å². The minimum absolute atomic E-state index is 0.0819. The van der Waals surface area contributed by atoms with Crippen molar-refractivity contribution in [1.82, 2.24) is 10.2 Å². The molecule has 3 aromatic rings. The lowest BCUT2D eigenvalue weighted by Crippen LogP contribution is -2.12. The smallest absolute Gasteiger partial charge is 0.322 e. The Morgan fingerprint density at radius 3 is 2.68 bits per heavy atom. The van der Waals surface area contributed by atoms with Crippen LogP contribution < -0.4 is 5.32 Å². The molecule has 0 bridgehead atoms. The molecule has 126 valence electrons. The second-order valence-electron chi connectivity index (χ2n) is 4.80. The summed E-state index contributed by atoms with van der Waals surface area (Å²) in [6.07, 6.45) is 0. The maximum atomic E-state index is 12.1. The third-order valence-electron chi connectivity index (χ3n) is 3.13. The molecule has 0 saturated carbocycles. The van der Waals surface area contributed by atoms with E-state index in [0.29, 0.717) is 15.6 Å². The fourth-order valence-electron chi connectivity index (χ4n) is 1.98. The van der Waals surface area contributed by atoms with Gasteiger partial charge >= 0.3 is 6.01 Å². The van der Waals surface area contributed by atoms with E-state index >= 15 is 0 Å². The van der Waals surface area contributed by atoms with E-state index in [1.807, 2.05) is 0 Å². The summed E-state index contributed by atoms with van der Waals surface area (Å²) in [6.45, 7) is 0. The number of rotatable bonds is 4. The third kappa shape index (κ3) is 3.76. The Morgan fingerprint density at radius 1 is 1.16 bits per heavy atom. The Balaban J connectivity index is 1.80. The van der Waals surface area contributed by atoms with Crippen molar-refractivity contribution in [3.63, 3.8) is 0 Å². The van der Waals surface area contributed by atoms with Crippen molar-refractivity contribution in [2.75, 3.05) is 5.32 Å². The Morgan fingerprint density at radius 2 is 1.96 bits per heavy atom. The highest BCUT2D eigenvalue weighted by atomic mass is 35.5. The van der Waals surface area contributed by atoms with Gasteiger partial charge in [0, 0.05) is 22.7 Å². The topological polar surface area (TPSA) is 111 Å². The third-order valence-corrected chi connectivity index (χ3v) is 3.67. The van der Waals surface area contributed by atoms with Gasteiger partial charge in [0.15, 0.2) is 0 Å². The zero-order chi connectivity index (χ0) is 18.0. The maximum absolute atomic E-state index is 12.1. The summed E-state index contributed by atoms with van der Waals surface area (Å²) in [5, 5.41) is 21.4. The first kappa shape index (κ1) is 16.9. The molecule has 10 heteroatoms. The normalized spacial score (nSPS) is 10.5. The van der Waals surface area contributed by atoms with Crippen LogP contribution in [0.4, 0.5) is 11.7 Å². The lowest BCUT2D eigenvalue weighted by atomic mass is 10.2. The van der Waals surface area contributed by atoms with Crippen LogP contribution in [0.2, 0.25) is 10.0 Å². The summed E-state index contributed by atoms with van der Waals surface area (Å²) in [5.74, 6) is -0.530. The standard InChI is InChI=1S/C15H8Cl2N4O4/c16-9-4-5-11(12(17)7-9)14-19-20-15(25-14)18-13(22)8-2-1-3-10(6-8)21(23)24/h1-7H,(H,18,20,22). The average Bonchev–Trinajstić information content (AvgIpc) is 3.03. The molecule has 1 aromatic heterocycles. The second kappa shape index (κ2) is 6.88. The van der Waals surface area contributed by atoms with Crippen LogP contribution in [0.3, 0.4) is 0 Å².